The van der Waals surface area contributed by atoms with Crippen LogP contribution in [0.15, 0.2) is 59.6 Å². The van der Waals surface area contributed by atoms with E-state index >= 15 is 0 Å². The third-order valence-electron chi connectivity index (χ3n) is 3.23. The van der Waals surface area contributed by atoms with E-state index < -0.39 is 0 Å². The van der Waals surface area contributed by atoms with Crippen molar-refractivity contribution in [3.63, 3.8) is 0 Å². The fraction of sp³-hybridized carbons (Fsp3) is 0.188. The van der Waals surface area contributed by atoms with Gasteiger partial charge in [0, 0.05) is 11.5 Å². The number of para-hydroxylation sites is 1. The summed E-state index contributed by atoms with van der Waals surface area (Å²) in [5, 5.41) is 0. The fourth-order valence-electron chi connectivity index (χ4n) is 2.04. The maximum atomic E-state index is 6.01. The summed E-state index contributed by atoms with van der Waals surface area (Å²) in [6, 6.07) is 18.5. The average molecular weight is 236 g/mol. The van der Waals surface area contributed by atoms with Crippen molar-refractivity contribution >= 4 is 11.5 Å². The molecule has 0 aromatic heterocycles. The standard InChI is InChI=1S/C16H16N2/c17-16(13-10-11-13)18-15-9-5-4-8-14(15)12-6-2-1-3-7-12/h1-9,13H,10-11H2,(H2,17,18). The summed E-state index contributed by atoms with van der Waals surface area (Å²) < 4.78 is 0. The van der Waals surface area contributed by atoms with E-state index in [1.807, 2.05) is 36.4 Å². The van der Waals surface area contributed by atoms with Crippen LogP contribution in [0, 0.1) is 5.92 Å². The van der Waals surface area contributed by atoms with Gasteiger partial charge >= 0.3 is 0 Å². The topological polar surface area (TPSA) is 38.4 Å². The third kappa shape index (κ3) is 2.28. The highest BCUT2D eigenvalue weighted by Gasteiger charge is 2.25. The van der Waals surface area contributed by atoms with E-state index in [1.54, 1.807) is 0 Å². The van der Waals surface area contributed by atoms with Gasteiger partial charge in [0.05, 0.1) is 5.69 Å². The zero-order valence-corrected chi connectivity index (χ0v) is 10.2. The van der Waals surface area contributed by atoms with Gasteiger partial charge in [0.2, 0.25) is 0 Å². The van der Waals surface area contributed by atoms with Crippen molar-refractivity contribution < 1.29 is 0 Å². The van der Waals surface area contributed by atoms with Crippen molar-refractivity contribution in [3.05, 3.63) is 54.6 Å². The van der Waals surface area contributed by atoms with E-state index in [9.17, 15) is 0 Å². The van der Waals surface area contributed by atoms with E-state index in [0.29, 0.717) is 5.92 Å². The number of hydrogen-bond donors (Lipinski definition) is 1. The Bertz CT molecular complexity index is 569. The molecule has 2 nitrogen and oxygen atoms in total. The van der Waals surface area contributed by atoms with Crippen LogP contribution < -0.4 is 5.73 Å². The lowest BCUT2D eigenvalue weighted by Crippen LogP contribution is -2.13. The molecule has 0 bridgehead atoms. The number of hydrogen-bond acceptors (Lipinski definition) is 1. The SMILES string of the molecule is NC(=Nc1ccccc1-c1ccccc1)C1CC1. The smallest absolute Gasteiger partial charge is 0.103 e. The molecule has 0 aliphatic heterocycles. The lowest BCUT2D eigenvalue weighted by Gasteiger charge is -2.06. The average Bonchev–Trinajstić information content (AvgIpc) is 3.25. The molecular formula is C16H16N2. The Balaban J connectivity index is 2.02. The Kier molecular flexibility index (Phi) is 2.85. The predicted molar refractivity (Wildman–Crippen MR) is 75.9 cm³/mol. The van der Waals surface area contributed by atoms with Crippen LogP contribution >= 0.6 is 0 Å². The molecule has 0 unspecified atom stereocenters. The number of nitrogens with zero attached hydrogens (tertiary/aromatic N) is 1. The van der Waals surface area contributed by atoms with Crippen molar-refractivity contribution in [1.82, 2.24) is 0 Å². The Morgan fingerprint density at radius 1 is 0.944 bits per heavy atom. The lowest BCUT2D eigenvalue weighted by atomic mass is 10.0. The van der Waals surface area contributed by atoms with Crippen LogP contribution in [0.25, 0.3) is 11.1 Å². The molecule has 2 aromatic rings. The Hall–Kier alpha value is -2.09. The molecular weight excluding hydrogens is 220 g/mol. The van der Waals surface area contributed by atoms with Gasteiger partial charge in [-0.1, -0.05) is 48.5 Å². The molecule has 18 heavy (non-hydrogen) atoms. The second-order valence-corrected chi connectivity index (χ2v) is 4.69. The minimum absolute atomic E-state index is 0.508. The number of aliphatic imine (C=N–C) groups is 1. The van der Waals surface area contributed by atoms with Gasteiger partial charge in [0.1, 0.15) is 5.84 Å². The highest BCUT2D eigenvalue weighted by molar-refractivity contribution is 5.90. The first-order chi connectivity index (χ1) is 8.84. The number of benzene rings is 2. The minimum atomic E-state index is 0.508. The Labute approximate surface area is 107 Å². The maximum absolute atomic E-state index is 6.01. The maximum Gasteiger partial charge on any atom is 0.103 e. The predicted octanol–water partition coefficient (Wildman–Crippen LogP) is 3.75. The summed E-state index contributed by atoms with van der Waals surface area (Å²) in [5.41, 5.74) is 9.30. The fourth-order valence-corrected chi connectivity index (χ4v) is 2.04. The molecule has 0 amide bonds. The van der Waals surface area contributed by atoms with Crippen LogP contribution in [0.1, 0.15) is 12.8 Å². The van der Waals surface area contributed by atoms with Crippen LogP contribution in [0.3, 0.4) is 0 Å². The number of rotatable bonds is 3. The first kappa shape index (κ1) is 11.0. The molecule has 2 N–H and O–H groups in total. The molecule has 1 aliphatic rings. The van der Waals surface area contributed by atoms with Crippen molar-refractivity contribution in [2.24, 2.45) is 16.6 Å². The van der Waals surface area contributed by atoms with Crippen LogP contribution in [-0.4, -0.2) is 5.84 Å². The minimum Gasteiger partial charge on any atom is -0.387 e. The molecule has 1 saturated carbocycles. The van der Waals surface area contributed by atoms with Gasteiger partial charge in [-0.3, -0.25) is 0 Å². The van der Waals surface area contributed by atoms with Crippen molar-refractivity contribution in [2.45, 2.75) is 12.8 Å². The molecule has 0 heterocycles. The monoisotopic (exact) mass is 236 g/mol. The van der Waals surface area contributed by atoms with Crippen LogP contribution in [0.5, 0.6) is 0 Å². The van der Waals surface area contributed by atoms with E-state index in [0.717, 1.165) is 17.1 Å². The molecule has 3 rings (SSSR count). The van der Waals surface area contributed by atoms with Gasteiger partial charge in [-0.15, -0.1) is 0 Å². The summed E-state index contributed by atoms with van der Waals surface area (Å²) in [6.45, 7) is 0. The molecule has 2 heteroatoms. The van der Waals surface area contributed by atoms with Crippen LogP contribution in [0.4, 0.5) is 5.69 Å². The van der Waals surface area contributed by atoms with Gasteiger partial charge < -0.3 is 5.73 Å². The quantitative estimate of drug-likeness (QED) is 0.639. The second-order valence-electron chi connectivity index (χ2n) is 4.69. The highest BCUT2D eigenvalue weighted by Crippen LogP contribution is 2.33. The Morgan fingerprint density at radius 2 is 1.61 bits per heavy atom. The van der Waals surface area contributed by atoms with Crippen molar-refractivity contribution in [3.8, 4) is 11.1 Å². The molecule has 0 radical (unpaired) electrons. The molecule has 1 aliphatic carbocycles. The van der Waals surface area contributed by atoms with Gasteiger partial charge in [-0.05, 0) is 24.5 Å². The van der Waals surface area contributed by atoms with E-state index in [4.69, 9.17) is 5.73 Å². The van der Waals surface area contributed by atoms with Gasteiger partial charge in [-0.25, -0.2) is 4.99 Å². The normalized spacial score (nSPS) is 15.7. The first-order valence-corrected chi connectivity index (χ1v) is 6.33. The van der Waals surface area contributed by atoms with Crippen molar-refractivity contribution in [1.29, 1.82) is 0 Å². The molecule has 90 valence electrons. The van der Waals surface area contributed by atoms with Crippen LogP contribution in [-0.2, 0) is 0 Å². The summed E-state index contributed by atoms with van der Waals surface area (Å²) in [7, 11) is 0. The van der Waals surface area contributed by atoms with E-state index in [2.05, 4.69) is 23.2 Å². The largest absolute Gasteiger partial charge is 0.387 e. The number of amidine groups is 1. The van der Waals surface area contributed by atoms with Gasteiger partial charge in [0.15, 0.2) is 0 Å². The summed E-state index contributed by atoms with van der Waals surface area (Å²) in [6.07, 6.45) is 2.37. The molecule has 0 saturated heterocycles. The zero-order chi connectivity index (χ0) is 12.4. The van der Waals surface area contributed by atoms with E-state index in [1.165, 1.54) is 18.4 Å². The van der Waals surface area contributed by atoms with E-state index in [-0.39, 0.29) is 0 Å². The number of nitrogens with two attached hydrogens (primary N) is 1. The van der Waals surface area contributed by atoms with Crippen molar-refractivity contribution in [2.75, 3.05) is 0 Å². The highest BCUT2D eigenvalue weighted by atomic mass is 14.9. The first-order valence-electron chi connectivity index (χ1n) is 6.33. The van der Waals surface area contributed by atoms with Crippen LogP contribution in [0.2, 0.25) is 0 Å². The third-order valence-corrected chi connectivity index (χ3v) is 3.23. The Morgan fingerprint density at radius 3 is 2.33 bits per heavy atom. The molecule has 1 fully saturated rings. The van der Waals surface area contributed by atoms with Gasteiger partial charge in [0.25, 0.3) is 0 Å². The summed E-state index contributed by atoms with van der Waals surface area (Å²) in [4.78, 5) is 4.59. The lowest BCUT2D eigenvalue weighted by molar-refractivity contribution is 1.15. The summed E-state index contributed by atoms with van der Waals surface area (Å²) in [5.74, 6) is 1.28. The molecule has 0 atom stereocenters. The van der Waals surface area contributed by atoms with Gasteiger partial charge in [-0.2, -0.15) is 0 Å². The summed E-state index contributed by atoms with van der Waals surface area (Å²) >= 11 is 0. The molecule has 2 aromatic carbocycles. The zero-order valence-electron chi connectivity index (χ0n) is 10.2. The molecule has 0 spiro atoms. The second kappa shape index (κ2) is 4.65.